The lowest BCUT2D eigenvalue weighted by Gasteiger charge is -2.34. The number of nitrogens with zero attached hydrogens (tertiary/aromatic N) is 1. The van der Waals surface area contributed by atoms with Crippen molar-refractivity contribution in [1.82, 2.24) is 10.2 Å². The monoisotopic (exact) mass is 274 g/mol. The molecule has 0 bridgehead atoms. The fraction of sp³-hybridized carbons (Fsp3) is 0.588. The zero-order valence-electron chi connectivity index (χ0n) is 12.6. The molecule has 0 radical (unpaired) electrons. The summed E-state index contributed by atoms with van der Waals surface area (Å²) in [5, 5.41) is 3.44. The second kappa shape index (κ2) is 7.44. The maximum Gasteiger partial charge on any atom is 0.222 e. The molecule has 0 spiro atoms. The highest BCUT2D eigenvalue weighted by Gasteiger charge is 2.24. The molecule has 20 heavy (non-hydrogen) atoms. The van der Waals surface area contributed by atoms with Crippen molar-refractivity contribution in [3.63, 3.8) is 0 Å². The van der Waals surface area contributed by atoms with Gasteiger partial charge in [0.25, 0.3) is 0 Å². The molecule has 1 amide bonds. The van der Waals surface area contributed by atoms with Crippen LogP contribution < -0.4 is 5.32 Å². The summed E-state index contributed by atoms with van der Waals surface area (Å²) in [6.45, 7) is 7.11. The van der Waals surface area contributed by atoms with Crippen LogP contribution in [0.4, 0.5) is 0 Å². The van der Waals surface area contributed by atoms with E-state index in [9.17, 15) is 4.79 Å². The third-order valence-electron chi connectivity index (χ3n) is 4.23. The van der Waals surface area contributed by atoms with Gasteiger partial charge in [-0.3, -0.25) is 4.79 Å². The number of piperidine rings is 1. The second-order valence-corrected chi connectivity index (χ2v) is 5.70. The lowest BCUT2D eigenvalue weighted by molar-refractivity contribution is -0.133. The van der Waals surface area contributed by atoms with Gasteiger partial charge in [-0.2, -0.15) is 0 Å². The smallest absolute Gasteiger partial charge is 0.222 e. The summed E-state index contributed by atoms with van der Waals surface area (Å²) in [5.74, 6) is 0.845. The van der Waals surface area contributed by atoms with Crippen molar-refractivity contribution in [2.45, 2.75) is 39.2 Å². The van der Waals surface area contributed by atoms with Crippen molar-refractivity contribution < 1.29 is 4.79 Å². The van der Waals surface area contributed by atoms with Gasteiger partial charge in [-0.05, 0) is 44.3 Å². The molecule has 110 valence electrons. The Bertz CT molecular complexity index is 412. The van der Waals surface area contributed by atoms with E-state index in [-0.39, 0.29) is 11.9 Å². The van der Waals surface area contributed by atoms with Crippen LogP contribution in [0, 0.1) is 5.92 Å². The number of rotatable bonds is 5. The molecular formula is C17H26N2O. The van der Waals surface area contributed by atoms with Crippen LogP contribution in [0.1, 0.15) is 44.7 Å². The summed E-state index contributed by atoms with van der Waals surface area (Å²) in [6, 6.07) is 10.5. The van der Waals surface area contributed by atoms with Crippen LogP contribution in [-0.4, -0.2) is 30.4 Å². The minimum Gasteiger partial charge on any atom is -0.336 e. The molecule has 1 saturated heterocycles. The molecule has 0 aliphatic carbocycles. The molecule has 1 N–H and O–H groups in total. The van der Waals surface area contributed by atoms with Gasteiger partial charge >= 0.3 is 0 Å². The first-order chi connectivity index (χ1) is 9.72. The van der Waals surface area contributed by atoms with E-state index in [0.717, 1.165) is 19.6 Å². The fourth-order valence-electron chi connectivity index (χ4n) is 2.95. The van der Waals surface area contributed by atoms with Crippen LogP contribution in [0.15, 0.2) is 30.3 Å². The number of benzene rings is 1. The highest BCUT2D eigenvalue weighted by Crippen LogP contribution is 2.23. The molecular weight excluding hydrogens is 248 g/mol. The summed E-state index contributed by atoms with van der Waals surface area (Å²) < 4.78 is 0. The predicted octanol–water partition coefficient (Wildman–Crippen LogP) is 2.99. The first-order valence-electron chi connectivity index (χ1n) is 7.77. The highest BCUT2D eigenvalue weighted by atomic mass is 16.2. The lowest BCUT2D eigenvalue weighted by atomic mass is 9.97. The topological polar surface area (TPSA) is 32.3 Å². The Morgan fingerprint density at radius 3 is 2.75 bits per heavy atom. The minimum atomic E-state index is 0.158. The van der Waals surface area contributed by atoms with Gasteiger partial charge in [-0.25, -0.2) is 0 Å². The molecule has 1 aliphatic rings. The molecule has 3 heteroatoms. The number of hydrogen-bond donors (Lipinski definition) is 1. The molecule has 1 aromatic rings. The first-order valence-corrected chi connectivity index (χ1v) is 7.77. The largest absolute Gasteiger partial charge is 0.336 e. The van der Waals surface area contributed by atoms with Gasteiger partial charge in [-0.15, -0.1) is 0 Å². The van der Waals surface area contributed by atoms with E-state index in [4.69, 9.17) is 0 Å². The minimum absolute atomic E-state index is 0.158. The number of nitrogens with one attached hydrogen (secondary N) is 1. The summed E-state index contributed by atoms with van der Waals surface area (Å²) in [6.07, 6.45) is 3.03. The summed E-state index contributed by atoms with van der Waals surface area (Å²) in [5.41, 5.74) is 1.22. The molecule has 0 saturated carbocycles. The Morgan fingerprint density at radius 2 is 2.15 bits per heavy atom. The van der Waals surface area contributed by atoms with Gasteiger partial charge < -0.3 is 10.2 Å². The molecule has 2 atom stereocenters. The number of hydrogen-bond acceptors (Lipinski definition) is 2. The normalized spacial score (nSPS) is 20.4. The summed E-state index contributed by atoms with van der Waals surface area (Å²) in [4.78, 5) is 14.4. The molecule has 1 aliphatic heterocycles. The SMILES string of the molecule is CCC(=O)N(CC1CCCNC1)C(C)c1ccccc1. The molecule has 2 unspecified atom stereocenters. The van der Waals surface area contributed by atoms with E-state index in [1.807, 2.05) is 25.1 Å². The zero-order chi connectivity index (χ0) is 14.4. The van der Waals surface area contributed by atoms with Crippen LogP contribution in [0.2, 0.25) is 0 Å². The third kappa shape index (κ3) is 3.83. The molecule has 2 rings (SSSR count). The highest BCUT2D eigenvalue weighted by molar-refractivity contribution is 5.76. The number of carbonyl (C=O) groups is 1. The molecule has 1 aromatic carbocycles. The van der Waals surface area contributed by atoms with Gasteiger partial charge in [0.15, 0.2) is 0 Å². The Balaban J connectivity index is 2.08. The Hall–Kier alpha value is -1.35. The van der Waals surface area contributed by atoms with E-state index < -0.39 is 0 Å². The van der Waals surface area contributed by atoms with E-state index in [0.29, 0.717) is 12.3 Å². The van der Waals surface area contributed by atoms with E-state index in [2.05, 4.69) is 29.3 Å². The van der Waals surface area contributed by atoms with Crippen LogP contribution >= 0.6 is 0 Å². The van der Waals surface area contributed by atoms with Crippen LogP contribution in [0.5, 0.6) is 0 Å². The van der Waals surface area contributed by atoms with Crippen molar-refractivity contribution >= 4 is 5.91 Å². The van der Waals surface area contributed by atoms with Crippen LogP contribution in [0.3, 0.4) is 0 Å². The van der Waals surface area contributed by atoms with Gasteiger partial charge in [0.2, 0.25) is 5.91 Å². The van der Waals surface area contributed by atoms with Crippen LogP contribution in [0.25, 0.3) is 0 Å². The van der Waals surface area contributed by atoms with E-state index in [1.165, 1.54) is 18.4 Å². The maximum atomic E-state index is 12.3. The zero-order valence-corrected chi connectivity index (χ0v) is 12.6. The summed E-state index contributed by atoms with van der Waals surface area (Å²) in [7, 11) is 0. The standard InChI is InChI=1S/C17H26N2O/c1-3-17(20)19(13-15-8-7-11-18-12-15)14(2)16-9-5-4-6-10-16/h4-6,9-10,14-15,18H,3,7-8,11-13H2,1-2H3. The summed E-state index contributed by atoms with van der Waals surface area (Å²) >= 11 is 0. The van der Waals surface area contributed by atoms with Crippen molar-refractivity contribution in [3.8, 4) is 0 Å². The molecule has 1 fully saturated rings. The van der Waals surface area contributed by atoms with Crippen molar-refractivity contribution in [2.75, 3.05) is 19.6 Å². The fourth-order valence-corrected chi connectivity index (χ4v) is 2.95. The Morgan fingerprint density at radius 1 is 1.40 bits per heavy atom. The number of amides is 1. The Kier molecular flexibility index (Phi) is 5.60. The van der Waals surface area contributed by atoms with Crippen molar-refractivity contribution in [3.05, 3.63) is 35.9 Å². The number of carbonyl (C=O) groups excluding carboxylic acids is 1. The Labute approximate surface area is 122 Å². The third-order valence-corrected chi connectivity index (χ3v) is 4.23. The predicted molar refractivity (Wildman–Crippen MR) is 82.5 cm³/mol. The maximum absolute atomic E-state index is 12.3. The average molecular weight is 274 g/mol. The lowest BCUT2D eigenvalue weighted by Crippen LogP contribution is -2.42. The second-order valence-electron chi connectivity index (χ2n) is 5.70. The average Bonchev–Trinajstić information content (AvgIpc) is 2.53. The van der Waals surface area contributed by atoms with Gasteiger partial charge in [0, 0.05) is 13.0 Å². The van der Waals surface area contributed by atoms with E-state index >= 15 is 0 Å². The van der Waals surface area contributed by atoms with Gasteiger partial charge in [-0.1, -0.05) is 37.3 Å². The van der Waals surface area contributed by atoms with Crippen molar-refractivity contribution in [2.24, 2.45) is 5.92 Å². The first kappa shape index (κ1) is 15.0. The molecule has 3 nitrogen and oxygen atoms in total. The van der Waals surface area contributed by atoms with Crippen molar-refractivity contribution in [1.29, 1.82) is 0 Å². The van der Waals surface area contributed by atoms with Crippen LogP contribution in [-0.2, 0) is 4.79 Å². The molecule has 0 aromatic heterocycles. The van der Waals surface area contributed by atoms with Gasteiger partial charge in [0.05, 0.1) is 6.04 Å². The van der Waals surface area contributed by atoms with Gasteiger partial charge in [0.1, 0.15) is 0 Å². The van der Waals surface area contributed by atoms with E-state index in [1.54, 1.807) is 0 Å². The quantitative estimate of drug-likeness (QED) is 0.895. The molecule has 1 heterocycles.